The van der Waals surface area contributed by atoms with Gasteiger partial charge in [-0.25, -0.2) is 9.37 Å². The maximum Gasteiger partial charge on any atom is 0.237 e. The summed E-state index contributed by atoms with van der Waals surface area (Å²) in [5.41, 5.74) is 1.55. The lowest BCUT2D eigenvalue weighted by Crippen LogP contribution is -2.41. The Kier molecular flexibility index (Phi) is 5.37. The molecule has 0 saturated carbocycles. The first-order valence-electron chi connectivity index (χ1n) is 7.27. The van der Waals surface area contributed by atoms with Crippen LogP contribution < -0.4 is 10.6 Å². The molecule has 0 bridgehead atoms. The Bertz CT molecular complexity index is 667. The van der Waals surface area contributed by atoms with Gasteiger partial charge in [-0.2, -0.15) is 0 Å². The number of aromatic nitrogens is 2. The maximum absolute atomic E-state index is 13.3. The largest absolute Gasteiger partial charge is 0.354 e. The van der Waals surface area contributed by atoms with Crippen LogP contribution >= 0.6 is 12.4 Å². The van der Waals surface area contributed by atoms with Crippen LogP contribution in [0.3, 0.4) is 0 Å². The summed E-state index contributed by atoms with van der Waals surface area (Å²) in [5.74, 6) is 0.630. The molecule has 1 unspecified atom stereocenters. The minimum absolute atomic E-state index is 0. The number of carbonyl (C=O) groups excluding carboxylic acids is 1. The number of halogens is 2. The van der Waals surface area contributed by atoms with E-state index in [9.17, 15) is 9.18 Å². The number of rotatable bonds is 4. The molecule has 0 aliphatic carbocycles. The topological polar surface area (TPSA) is 59.0 Å². The Balaban J connectivity index is 0.00000176. The molecule has 2 N–H and O–H groups in total. The van der Waals surface area contributed by atoms with E-state index in [0.29, 0.717) is 13.0 Å². The molecular formula is C15H20ClFN4O. The lowest BCUT2D eigenvalue weighted by molar-refractivity contribution is -0.122. The van der Waals surface area contributed by atoms with E-state index in [-0.39, 0.29) is 30.2 Å². The fourth-order valence-electron chi connectivity index (χ4n) is 2.77. The van der Waals surface area contributed by atoms with Crippen molar-refractivity contribution < 1.29 is 9.18 Å². The molecule has 1 aromatic carbocycles. The van der Waals surface area contributed by atoms with Gasteiger partial charge in [-0.3, -0.25) is 4.79 Å². The highest BCUT2D eigenvalue weighted by molar-refractivity contribution is 5.85. The summed E-state index contributed by atoms with van der Waals surface area (Å²) >= 11 is 0. The fourth-order valence-corrected chi connectivity index (χ4v) is 2.77. The van der Waals surface area contributed by atoms with Gasteiger partial charge in [0, 0.05) is 20.0 Å². The summed E-state index contributed by atoms with van der Waals surface area (Å²) in [5, 5.41) is 6.10. The standard InChI is InChI=1S/C15H19FN4O.ClH/c1-20-13-9-10(16)4-5-11(13)19-14(20)6-8-18-15(21)12-3-2-7-17-12;/h4-5,9,12,17H,2-3,6-8H2,1H3,(H,18,21);1H. The van der Waals surface area contributed by atoms with Gasteiger partial charge >= 0.3 is 0 Å². The van der Waals surface area contributed by atoms with Gasteiger partial charge in [0.2, 0.25) is 5.91 Å². The first-order chi connectivity index (χ1) is 10.1. The molecule has 120 valence electrons. The van der Waals surface area contributed by atoms with Crippen molar-refractivity contribution in [1.82, 2.24) is 20.2 Å². The van der Waals surface area contributed by atoms with Crippen LogP contribution in [0.5, 0.6) is 0 Å². The summed E-state index contributed by atoms with van der Waals surface area (Å²) < 4.78 is 15.1. The van der Waals surface area contributed by atoms with Crippen molar-refractivity contribution in [3.8, 4) is 0 Å². The van der Waals surface area contributed by atoms with Gasteiger partial charge in [-0.15, -0.1) is 12.4 Å². The Morgan fingerprint density at radius 2 is 2.36 bits per heavy atom. The van der Waals surface area contributed by atoms with Gasteiger partial charge < -0.3 is 15.2 Å². The number of nitrogens with zero attached hydrogens (tertiary/aromatic N) is 2. The number of hydrogen-bond donors (Lipinski definition) is 2. The van der Waals surface area contributed by atoms with Crippen LogP contribution in [0.1, 0.15) is 18.7 Å². The maximum atomic E-state index is 13.3. The van der Waals surface area contributed by atoms with E-state index in [1.807, 2.05) is 11.6 Å². The molecule has 2 heterocycles. The van der Waals surface area contributed by atoms with E-state index in [1.54, 1.807) is 6.07 Å². The SMILES string of the molecule is Cl.Cn1c(CCNC(=O)C2CCCN2)nc2ccc(F)cc21. The molecule has 22 heavy (non-hydrogen) atoms. The molecule has 1 saturated heterocycles. The lowest BCUT2D eigenvalue weighted by Gasteiger charge is -2.10. The first-order valence-corrected chi connectivity index (χ1v) is 7.27. The molecule has 5 nitrogen and oxygen atoms in total. The second-order valence-electron chi connectivity index (χ2n) is 5.41. The fraction of sp³-hybridized carbons (Fsp3) is 0.467. The minimum Gasteiger partial charge on any atom is -0.354 e. The number of carbonyl (C=O) groups is 1. The van der Waals surface area contributed by atoms with Crippen molar-refractivity contribution >= 4 is 29.3 Å². The second kappa shape index (κ2) is 7.07. The average molecular weight is 327 g/mol. The molecular weight excluding hydrogens is 307 g/mol. The van der Waals surface area contributed by atoms with Crippen LogP contribution in [-0.4, -0.2) is 34.6 Å². The van der Waals surface area contributed by atoms with Crippen LogP contribution in [0.15, 0.2) is 18.2 Å². The van der Waals surface area contributed by atoms with Crippen molar-refractivity contribution in [3.05, 3.63) is 29.8 Å². The van der Waals surface area contributed by atoms with Crippen molar-refractivity contribution in [3.63, 3.8) is 0 Å². The lowest BCUT2D eigenvalue weighted by atomic mass is 10.2. The number of benzene rings is 1. The summed E-state index contributed by atoms with van der Waals surface area (Å²) in [6.07, 6.45) is 2.58. The normalized spacial score (nSPS) is 17.5. The van der Waals surface area contributed by atoms with E-state index >= 15 is 0 Å². The van der Waals surface area contributed by atoms with Gasteiger partial charge in [-0.1, -0.05) is 0 Å². The first kappa shape index (κ1) is 16.7. The number of amides is 1. The predicted molar refractivity (Wildman–Crippen MR) is 85.7 cm³/mol. The Morgan fingerprint density at radius 3 is 3.09 bits per heavy atom. The van der Waals surface area contributed by atoms with Crippen molar-refractivity contribution in [1.29, 1.82) is 0 Å². The quantitative estimate of drug-likeness (QED) is 0.896. The molecule has 0 spiro atoms. The Hall–Kier alpha value is -1.66. The molecule has 1 aliphatic rings. The van der Waals surface area contributed by atoms with E-state index < -0.39 is 0 Å². The minimum atomic E-state index is -0.266. The van der Waals surface area contributed by atoms with E-state index in [2.05, 4.69) is 15.6 Å². The highest BCUT2D eigenvalue weighted by atomic mass is 35.5. The molecule has 7 heteroatoms. The van der Waals surface area contributed by atoms with Crippen molar-refractivity contribution in [2.45, 2.75) is 25.3 Å². The van der Waals surface area contributed by atoms with E-state index in [0.717, 1.165) is 36.2 Å². The third-order valence-electron chi connectivity index (χ3n) is 3.96. The zero-order valence-corrected chi connectivity index (χ0v) is 13.3. The summed E-state index contributed by atoms with van der Waals surface area (Å²) in [6.45, 7) is 1.45. The summed E-state index contributed by atoms with van der Waals surface area (Å²) in [4.78, 5) is 16.4. The zero-order chi connectivity index (χ0) is 14.8. The average Bonchev–Trinajstić information content (AvgIpc) is 3.09. The van der Waals surface area contributed by atoms with Crippen molar-refractivity contribution in [2.75, 3.05) is 13.1 Å². The number of fused-ring (bicyclic) bond motifs is 1. The smallest absolute Gasteiger partial charge is 0.237 e. The number of nitrogens with one attached hydrogen (secondary N) is 2. The van der Waals surface area contributed by atoms with Gasteiger partial charge in [0.25, 0.3) is 0 Å². The van der Waals surface area contributed by atoms with Crippen molar-refractivity contribution in [2.24, 2.45) is 7.05 Å². The molecule has 1 atom stereocenters. The summed E-state index contributed by atoms with van der Waals surface area (Å²) in [6, 6.07) is 4.51. The third-order valence-corrected chi connectivity index (χ3v) is 3.96. The highest BCUT2D eigenvalue weighted by Gasteiger charge is 2.21. The van der Waals surface area contributed by atoms with Crippen LogP contribution in [0, 0.1) is 5.82 Å². The number of aryl methyl sites for hydroxylation is 1. The highest BCUT2D eigenvalue weighted by Crippen LogP contribution is 2.16. The molecule has 1 aliphatic heterocycles. The van der Waals surface area contributed by atoms with Gasteiger partial charge in [0.15, 0.2) is 0 Å². The summed E-state index contributed by atoms with van der Waals surface area (Å²) in [7, 11) is 1.87. The van der Waals surface area contributed by atoms with E-state index in [4.69, 9.17) is 0 Å². The Morgan fingerprint density at radius 1 is 1.55 bits per heavy atom. The molecule has 3 rings (SSSR count). The molecule has 1 amide bonds. The van der Waals surface area contributed by atoms with Gasteiger partial charge in [0.05, 0.1) is 17.1 Å². The van der Waals surface area contributed by atoms with Crippen LogP contribution in [-0.2, 0) is 18.3 Å². The Labute approximate surface area is 134 Å². The zero-order valence-electron chi connectivity index (χ0n) is 12.4. The predicted octanol–water partition coefficient (Wildman–Crippen LogP) is 1.54. The van der Waals surface area contributed by atoms with Gasteiger partial charge in [0.1, 0.15) is 11.6 Å². The van der Waals surface area contributed by atoms with Crippen LogP contribution in [0.2, 0.25) is 0 Å². The van der Waals surface area contributed by atoms with E-state index in [1.165, 1.54) is 12.1 Å². The molecule has 1 fully saturated rings. The third kappa shape index (κ3) is 3.39. The monoisotopic (exact) mass is 326 g/mol. The van der Waals surface area contributed by atoms with Crippen LogP contribution in [0.4, 0.5) is 4.39 Å². The van der Waals surface area contributed by atoms with Gasteiger partial charge in [-0.05, 0) is 37.6 Å². The number of imidazole rings is 1. The molecule has 1 aromatic heterocycles. The molecule has 2 aromatic rings. The van der Waals surface area contributed by atoms with Crippen LogP contribution in [0.25, 0.3) is 11.0 Å². The molecule has 0 radical (unpaired) electrons. The second-order valence-corrected chi connectivity index (χ2v) is 5.41. The number of hydrogen-bond acceptors (Lipinski definition) is 3.